The molecule has 8 heteroatoms. The van der Waals surface area contributed by atoms with Gasteiger partial charge in [-0.05, 0) is 31.6 Å². The maximum absolute atomic E-state index is 12.8. The molecular formula is C15H29N3O4S. The molecule has 2 heterocycles. The number of hydrogen-bond donors (Lipinski definition) is 1. The molecule has 0 aromatic heterocycles. The molecule has 0 saturated carbocycles. The van der Waals surface area contributed by atoms with Gasteiger partial charge in [-0.3, -0.25) is 4.79 Å². The number of rotatable bonds is 6. The zero-order valence-corrected chi connectivity index (χ0v) is 15.0. The molecule has 7 nitrogen and oxygen atoms in total. The van der Waals surface area contributed by atoms with E-state index in [9.17, 15) is 13.2 Å². The van der Waals surface area contributed by atoms with E-state index in [4.69, 9.17) is 4.74 Å². The molecule has 0 aliphatic carbocycles. The molecule has 2 fully saturated rings. The third-order valence-corrected chi connectivity index (χ3v) is 6.76. The van der Waals surface area contributed by atoms with Gasteiger partial charge >= 0.3 is 0 Å². The Hall–Kier alpha value is -0.700. The van der Waals surface area contributed by atoms with Crippen molar-refractivity contribution >= 4 is 16.1 Å². The SMILES string of the molecule is COCCNC(=O)C1CCCN(S(=O)(=O)N2CCC(C)CC2)C1. The lowest BCUT2D eigenvalue weighted by Gasteiger charge is -2.37. The number of piperidine rings is 2. The summed E-state index contributed by atoms with van der Waals surface area (Å²) in [5.74, 6) is 0.246. The second-order valence-electron chi connectivity index (χ2n) is 6.57. The van der Waals surface area contributed by atoms with E-state index in [1.54, 1.807) is 11.4 Å². The Morgan fingerprint density at radius 1 is 1.17 bits per heavy atom. The molecule has 1 unspecified atom stereocenters. The molecule has 0 spiro atoms. The topological polar surface area (TPSA) is 79.0 Å². The summed E-state index contributed by atoms with van der Waals surface area (Å²) in [6, 6.07) is 0. The highest BCUT2D eigenvalue weighted by atomic mass is 32.2. The molecule has 134 valence electrons. The summed E-state index contributed by atoms with van der Waals surface area (Å²) in [5.41, 5.74) is 0. The minimum Gasteiger partial charge on any atom is -0.383 e. The Kier molecular flexibility index (Phi) is 6.82. The average molecular weight is 347 g/mol. The van der Waals surface area contributed by atoms with Gasteiger partial charge in [0.05, 0.1) is 12.5 Å². The van der Waals surface area contributed by atoms with Crippen LogP contribution in [-0.2, 0) is 19.7 Å². The van der Waals surface area contributed by atoms with Crippen LogP contribution in [0, 0.1) is 11.8 Å². The highest BCUT2D eigenvalue weighted by Gasteiger charge is 2.36. The van der Waals surface area contributed by atoms with Crippen LogP contribution >= 0.6 is 0 Å². The zero-order chi connectivity index (χ0) is 16.9. The van der Waals surface area contributed by atoms with Crippen molar-refractivity contribution in [1.29, 1.82) is 0 Å². The van der Waals surface area contributed by atoms with Gasteiger partial charge in [0.25, 0.3) is 10.2 Å². The van der Waals surface area contributed by atoms with Crippen molar-refractivity contribution in [3.05, 3.63) is 0 Å². The standard InChI is InChI=1S/C15H29N3O4S/c1-13-5-9-17(10-6-13)23(20,21)18-8-3-4-14(12-18)15(19)16-7-11-22-2/h13-14H,3-12H2,1-2H3,(H,16,19). The Balaban J connectivity index is 1.93. The lowest BCUT2D eigenvalue weighted by Crippen LogP contribution is -2.52. The highest BCUT2D eigenvalue weighted by Crippen LogP contribution is 2.25. The van der Waals surface area contributed by atoms with Crippen LogP contribution in [0.2, 0.25) is 0 Å². The second-order valence-corrected chi connectivity index (χ2v) is 8.50. The predicted molar refractivity (Wildman–Crippen MR) is 88.1 cm³/mol. The largest absolute Gasteiger partial charge is 0.383 e. The summed E-state index contributed by atoms with van der Waals surface area (Å²) < 4.78 is 33.5. The van der Waals surface area contributed by atoms with Gasteiger partial charge in [0.2, 0.25) is 5.91 Å². The van der Waals surface area contributed by atoms with Gasteiger partial charge in [-0.15, -0.1) is 0 Å². The van der Waals surface area contributed by atoms with Gasteiger partial charge in [-0.2, -0.15) is 17.0 Å². The van der Waals surface area contributed by atoms with E-state index >= 15 is 0 Å². The van der Waals surface area contributed by atoms with Gasteiger partial charge < -0.3 is 10.1 Å². The number of carbonyl (C=O) groups is 1. The molecule has 0 bridgehead atoms. The van der Waals surface area contributed by atoms with Crippen LogP contribution in [0.1, 0.15) is 32.6 Å². The first-order valence-corrected chi connectivity index (χ1v) is 9.86. The molecule has 0 radical (unpaired) electrons. The molecule has 1 N–H and O–H groups in total. The quantitative estimate of drug-likeness (QED) is 0.707. The van der Waals surface area contributed by atoms with Gasteiger partial charge in [0.15, 0.2) is 0 Å². The molecule has 0 aromatic rings. The van der Waals surface area contributed by atoms with Crippen molar-refractivity contribution in [2.24, 2.45) is 11.8 Å². The van der Waals surface area contributed by atoms with E-state index in [2.05, 4.69) is 12.2 Å². The molecule has 1 atom stereocenters. The number of ether oxygens (including phenoxy) is 1. The minimum atomic E-state index is -3.44. The Morgan fingerprint density at radius 3 is 2.52 bits per heavy atom. The fourth-order valence-electron chi connectivity index (χ4n) is 3.17. The highest BCUT2D eigenvalue weighted by molar-refractivity contribution is 7.86. The van der Waals surface area contributed by atoms with E-state index in [0.717, 1.165) is 25.7 Å². The number of amides is 1. The Morgan fingerprint density at radius 2 is 1.87 bits per heavy atom. The molecule has 2 aliphatic heterocycles. The van der Waals surface area contributed by atoms with Crippen molar-refractivity contribution in [1.82, 2.24) is 13.9 Å². The van der Waals surface area contributed by atoms with Gasteiger partial charge in [0, 0.05) is 39.8 Å². The third kappa shape index (κ3) is 4.89. The number of hydrogen-bond acceptors (Lipinski definition) is 4. The summed E-state index contributed by atoms with van der Waals surface area (Å²) in [6.45, 7) is 5.05. The molecule has 23 heavy (non-hydrogen) atoms. The molecule has 2 rings (SSSR count). The van der Waals surface area contributed by atoms with Crippen molar-refractivity contribution in [3.63, 3.8) is 0 Å². The van der Waals surface area contributed by atoms with E-state index in [1.165, 1.54) is 4.31 Å². The first-order chi connectivity index (χ1) is 10.9. The summed E-state index contributed by atoms with van der Waals surface area (Å²) in [7, 11) is -1.85. The van der Waals surface area contributed by atoms with Gasteiger partial charge in [-0.25, -0.2) is 0 Å². The van der Waals surface area contributed by atoms with Crippen LogP contribution in [0.15, 0.2) is 0 Å². The third-order valence-electron chi connectivity index (χ3n) is 4.76. The van der Waals surface area contributed by atoms with Crippen LogP contribution in [0.5, 0.6) is 0 Å². The van der Waals surface area contributed by atoms with Gasteiger partial charge in [-0.1, -0.05) is 6.92 Å². The number of nitrogens with one attached hydrogen (secondary N) is 1. The molecule has 2 saturated heterocycles. The van der Waals surface area contributed by atoms with Crippen LogP contribution in [0.3, 0.4) is 0 Å². The number of carbonyl (C=O) groups excluding carboxylic acids is 1. The van der Waals surface area contributed by atoms with Crippen LogP contribution in [-0.4, -0.2) is 69.4 Å². The van der Waals surface area contributed by atoms with Crippen molar-refractivity contribution in [3.8, 4) is 0 Å². The van der Waals surface area contributed by atoms with Gasteiger partial charge in [0.1, 0.15) is 0 Å². The monoisotopic (exact) mass is 347 g/mol. The van der Waals surface area contributed by atoms with Crippen LogP contribution < -0.4 is 5.32 Å². The maximum Gasteiger partial charge on any atom is 0.281 e. The normalized spacial score (nSPS) is 25.4. The fraction of sp³-hybridized carbons (Fsp3) is 0.933. The molecule has 1 amide bonds. The molecule has 0 aromatic carbocycles. The summed E-state index contributed by atoms with van der Waals surface area (Å²) >= 11 is 0. The van der Waals surface area contributed by atoms with E-state index in [0.29, 0.717) is 38.7 Å². The second kappa shape index (κ2) is 8.41. The van der Waals surface area contributed by atoms with Crippen molar-refractivity contribution in [2.45, 2.75) is 32.6 Å². The minimum absolute atomic E-state index is 0.0748. The number of nitrogens with zero attached hydrogens (tertiary/aromatic N) is 2. The lowest BCUT2D eigenvalue weighted by molar-refractivity contribution is -0.126. The maximum atomic E-state index is 12.8. The first kappa shape index (κ1) is 18.6. The van der Waals surface area contributed by atoms with E-state index in [1.807, 2.05) is 0 Å². The molecule has 2 aliphatic rings. The van der Waals surface area contributed by atoms with Crippen molar-refractivity contribution < 1.29 is 17.9 Å². The van der Waals surface area contributed by atoms with Crippen LogP contribution in [0.4, 0.5) is 0 Å². The Bertz CT molecular complexity index is 489. The Labute approximate surface area is 139 Å². The lowest BCUT2D eigenvalue weighted by atomic mass is 9.99. The number of methoxy groups -OCH3 is 1. The van der Waals surface area contributed by atoms with E-state index < -0.39 is 10.2 Å². The molecular weight excluding hydrogens is 318 g/mol. The first-order valence-electron chi connectivity index (χ1n) is 8.47. The summed E-state index contributed by atoms with van der Waals surface area (Å²) in [5, 5.41) is 2.81. The average Bonchev–Trinajstić information content (AvgIpc) is 2.55. The predicted octanol–water partition coefficient (Wildman–Crippen LogP) is 0.438. The zero-order valence-electron chi connectivity index (χ0n) is 14.2. The fourth-order valence-corrected chi connectivity index (χ4v) is 4.89. The summed E-state index contributed by atoms with van der Waals surface area (Å²) in [6.07, 6.45) is 3.29. The smallest absolute Gasteiger partial charge is 0.281 e. The van der Waals surface area contributed by atoms with E-state index in [-0.39, 0.29) is 18.4 Å². The van der Waals surface area contributed by atoms with Crippen LogP contribution in [0.25, 0.3) is 0 Å². The summed E-state index contributed by atoms with van der Waals surface area (Å²) in [4.78, 5) is 12.2. The van der Waals surface area contributed by atoms with Crippen molar-refractivity contribution in [2.75, 3.05) is 46.4 Å².